The molecule has 1 N–H and O–H groups in total. The van der Waals surface area contributed by atoms with Crippen molar-refractivity contribution in [3.05, 3.63) is 121 Å². The summed E-state index contributed by atoms with van der Waals surface area (Å²) in [5, 5.41) is 14.5. The van der Waals surface area contributed by atoms with Crippen LogP contribution in [0.3, 0.4) is 0 Å². The number of nitro benzene ring substituents is 1. The van der Waals surface area contributed by atoms with Crippen molar-refractivity contribution >= 4 is 22.5 Å². The highest BCUT2D eigenvalue weighted by Crippen LogP contribution is 2.29. The van der Waals surface area contributed by atoms with Crippen LogP contribution in [0, 0.1) is 22.0 Å². The molecule has 1 aliphatic carbocycles. The number of nitro groups is 1. The number of rotatable bonds is 9. The Morgan fingerprint density at radius 3 is 2.23 bits per heavy atom. The number of fused-ring (bicyclic) bond motifs is 1. The number of carbonyl (C=O) groups is 1. The number of carbonyl (C=O) groups excluding carboxylic acids is 1. The van der Waals surface area contributed by atoms with Crippen LogP contribution in [0.4, 0.5) is 5.69 Å². The van der Waals surface area contributed by atoms with E-state index < -0.39 is 10.6 Å². The number of hydrogen-bond acceptors (Lipinski definition) is 5. The summed E-state index contributed by atoms with van der Waals surface area (Å²) >= 11 is 0. The van der Waals surface area contributed by atoms with Gasteiger partial charge in [-0.25, -0.2) is 4.79 Å². The first-order chi connectivity index (χ1) is 19.4. The van der Waals surface area contributed by atoms with Crippen LogP contribution in [0.1, 0.15) is 36.8 Å². The average Bonchev–Trinajstić information content (AvgIpc) is 2.98. The summed E-state index contributed by atoms with van der Waals surface area (Å²) in [5.41, 5.74) is 1.70. The van der Waals surface area contributed by atoms with E-state index in [1.807, 2.05) is 30.3 Å². The predicted octanol–water partition coefficient (Wildman–Crippen LogP) is 4.29. The van der Waals surface area contributed by atoms with Crippen LogP contribution in [-0.2, 0) is 24.3 Å². The fourth-order valence-corrected chi connectivity index (χ4v) is 5.57. The summed E-state index contributed by atoms with van der Waals surface area (Å²) in [5.74, 6) is 0.134. The molecule has 0 spiro atoms. The topological polar surface area (TPSA) is 116 Å². The van der Waals surface area contributed by atoms with Crippen molar-refractivity contribution in [1.82, 2.24) is 14.5 Å². The van der Waals surface area contributed by atoms with E-state index in [1.165, 1.54) is 22.3 Å². The van der Waals surface area contributed by atoms with E-state index in [9.17, 15) is 24.5 Å². The minimum atomic E-state index is -0.464. The Bertz CT molecular complexity index is 1620. The van der Waals surface area contributed by atoms with Crippen LogP contribution in [0.2, 0.25) is 0 Å². The number of nitrogens with zero attached hydrogens (tertiary/aromatic N) is 3. The van der Waals surface area contributed by atoms with Crippen molar-refractivity contribution in [3.63, 3.8) is 0 Å². The van der Waals surface area contributed by atoms with E-state index in [0.717, 1.165) is 37.7 Å². The van der Waals surface area contributed by atoms with Gasteiger partial charge < -0.3 is 5.32 Å². The molecule has 5 rings (SSSR count). The van der Waals surface area contributed by atoms with Gasteiger partial charge in [0.05, 0.1) is 22.4 Å². The molecule has 1 fully saturated rings. The maximum atomic E-state index is 13.6. The largest absolute Gasteiger partial charge is 0.356 e. The van der Waals surface area contributed by atoms with Gasteiger partial charge in [0.15, 0.2) is 0 Å². The molecule has 3 aromatic carbocycles. The first-order valence-corrected chi connectivity index (χ1v) is 13.7. The number of amides is 1. The second kappa shape index (κ2) is 12.1. The normalized spacial score (nSPS) is 17.0. The molecule has 1 amide bonds. The summed E-state index contributed by atoms with van der Waals surface area (Å²) < 4.78 is 2.88. The maximum Gasteiger partial charge on any atom is 0.331 e. The zero-order valence-electron chi connectivity index (χ0n) is 22.2. The van der Waals surface area contributed by atoms with Crippen LogP contribution in [0.25, 0.3) is 10.9 Å². The number of non-ortho nitro benzene ring substituents is 1. The average molecular weight is 541 g/mol. The fourth-order valence-electron chi connectivity index (χ4n) is 5.57. The monoisotopic (exact) mass is 540 g/mol. The molecule has 9 nitrogen and oxygen atoms in total. The third-order valence-corrected chi connectivity index (χ3v) is 7.83. The molecule has 0 bridgehead atoms. The van der Waals surface area contributed by atoms with Gasteiger partial charge in [0.1, 0.15) is 0 Å². The minimum Gasteiger partial charge on any atom is -0.356 e. The molecule has 0 aliphatic heterocycles. The molecular formula is C31H32N4O5. The molecule has 4 aromatic rings. The van der Waals surface area contributed by atoms with Gasteiger partial charge in [-0.2, -0.15) is 0 Å². The summed E-state index contributed by atoms with van der Waals surface area (Å²) in [7, 11) is 0. The Hall–Kier alpha value is -4.53. The maximum absolute atomic E-state index is 13.6. The Labute approximate surface area is 231 Å². The molecule has 1 heterocycles. The summed E-state index contributed by atoms with van der Waals surface area (Å²) in [6, 6.07) is 23.1. The molecule has 1 aliphatic rings. The smallest absolute Gasteiger partial charge is 0.331 e. The number of benzene rings is 3. The van der Waals surface area contributed by atoms with Crippen LogP contribution in [-0.4, -0.2) is 26.5 Å². The van der Waals surface area contributed by atoms with E-state index in [4.69, 9.17) is 0 Å². The van der Waals surface area contributed by atoms with E-state index in [-0.39, 0.29) is 35.5 Å². The third kappa shape index (κ3) is 6.03. The van der Waals surface area contributed by atoms with Crippen molar-refractivity contribution in [2.24, 2.45) is 11.8 Å². The zero-order valence-corrected chi connectivity index (χ0v) is 22.2. The van der Waals surface area contributed by atoms with Crippen molar-refractivity contribution in [2.45, 2.75) is 45.2 Å². The van der Waals surface area contributed by atoms with Crippen LogP contribution < -0.4 is 16.6 Å². The van der Waals surface area contributed by atoms with Gasteiger partial charge in [0.2, 0.25) is 5.91 Å². The second-order valence-corrected chi connectivity index (χ2v) is 10.5. The summed E-state index contributed by atoms with van der Waals surface area (Å²) in [6.07, 6.45) is 3.76. The van der Waals surface area contributed by atoms with Gasteiger partial charge in [-0.3, -0.25) is 28.8 Å². The molecule has 0 atom stereocenters. The molecular weight excluding hydrogens is 508 g/mol. The van der Waals surface area contributed by atoms with Gasteiger partial charge in [-0.15, -0.1) is 0 Å². The van der Waals surface area contributed by atoms with Crippen molar-refractivity contribution < 1.29 is 9.72 Å². The lowest BCUT2D eigenvalue weighted by Crippen LogP contribution is -2.42. The van der Waals surface area contributed by atoms with Gasteiger partial charge >= 0.3 is 5.69 Å². The quantitative estimate of drug-likeness (QED) is 0.251. The molecule has 1 aromatic heterocycles. The Morgan fingerprint density at radius 1 is 0.850 bits per heavy atom. The number of aromatic nitrogens is 2. The first-order valence-electron chi connectivity index (χ1n) is 13.7. The highest BCUT2D eigenvalue weighted by Gasteiger charge is 2.27. The molecule has 0 saturated heterocycles. The SMILES string of the molecule is O=C(NCCc1ccccc1)C1CCC(Cn2c(=O)c3ccccc3n(Cc3ccc([N+](=O)[O-])cc3)c2=O)CC1. The molecule has 0 unspecified atom stereocenters. The van der Waals surface area contributed by atoms with Crippen LogP contribution in [0.15, 0.2) is 88.5 Å². The van der Waals surface area contributed by atoms with E-state index >= 15 is 0 Å². The summed E-state index contributed by atoms with van der Waals surface area (Å²) in [4.78, 5) is 50.3. The molecule has 9 heteroatoms. The lowest BCUT2D eigenvalue weighted by Gasteiger charge is -2.28. The highest BCUT2D eigenvalue weighted by atomic mass is 16.6. The number of nitrogens with one attached hydrogen (secondary N) is 1. The van der Waals surface area contributed by atoms with Gasteiger partial charge in [0.25, 0.3) is 11.2 Å². The lowest BCUT2D eigenvalue weighted by atomic mass is 9.81. The highest BCUT2D eigenvalue weighted by molar-refractivity contribution is 5.79. The predicted molar refractivity (Wildman–Crippen MR) is 153 cm³/mol. The fraction of sp³-hybridized carbons (Fsp3) is 0.323. The van der Waals surface area contributed by atoms with Crippen LogP contribution in [0.5, 0.6) is 0 Å². The number of hydrogen-bond donors (Lipinski definition) is 1. The number of para-hydroxylation sites is 1. The minimum absolute atomic E-state index is 0.0218. The third-order valence-electron chi connectivity index (χ3n) is 7.83. The Balaban J connectivity index is 1.27. The lowest BCUT2D eigenvalue weighted by molar-refractivity contribution is -0.384. The molecule has 206 valence electrons. The molecule has 1 saturated carbocycles. The first kappa shape index (κ1) is 27.1. The molecule has 40 heavy (non-hydrogen) atoms. The van der Waals surface area contributed by atoms with E-state index in [2.05, 4.69) is 5.32 Å². The molecule has 0 radical (unpaired) electrons. The Kier molecular flexibility index (Phi) is 8.19. The van der Waals surface area contributed by atoms with Gasteiger partial charge in [-0.1, -0.05) is 54.6 Å². The Morgan fingerprint density at radius 2 is 1.52 bits per heavy atom. The van der Waals surface area contributed by atoms with Crippen molar-refractivity contribution in [2.75, 3.05) is 6.54 Å². The van der Waals surface area contributed by atoms with Crippen molar-refractivity contribution in [3.8, 4) is 0 Å². The van der Waals surface area contributed by atoms with Gasteiger partial charge in [-0.05, 0) is 61.3 Å². The summed E-state index contributed by atoms with van der Waals surface area (Å²) in [6.45, 7) is 1.09. The standard InChI is InChI=1S/C31H32N4O5/c36-29(32-19-18-22-6-2-1-3-7-22)25-14-10-23(11-15-25)21-34-30(37)27-8-4-5-9-28(27)33(31(34)38)20-24-12-16-26(17-13-24)35(39)40/h1-9,12-13,16-17,23,25H,10-11,14-15,18-21H2,(H,32,36). The van der Waals surface area contributed by atoms with E-state index in [1.54, 1.807) is 41.0 Å². The van der Waals surface area contributed by atoms with Gasteiger partial charge in [0, 0.05) is 31.1 Å². The van der Waals surface area contributed by atoms with Crippen molar-refractivity contribution in [1.29, 1.82) is 0 Å². The van der Waals surface area contributed by atoms with Crippen LogP contribution >= 0.6 is 0 Å². The second-order valence-electron chi connectivity index (χ2n) is 10.5. The van der Waals surface area contributed by atoms with E-state index in [0.29, 0.717) is 24.0 Å². The zero-order chi connectivity index (χ0) is 28.1.